The summed E-state index contributed by atoms with van der Waals surface area (Å²) >= 11 is 1.73. The number of amides is 1. The first-order valence-corrected chi connectivity index (χ1v) is 8.08. The van der Waals surface area contributed by atoms with Gasteiger partial charge in [-0.1, -0.05) is 12.1 Å². The van der Waals surface area contributed by atoms with Crippen molar-refractivity contribution in [3.05, 3.63) is 53.0 Å². The van der Waals surface area contributed by atoms with Crippen LogP contribution < -0.4 is 5.32 Å². The number of aliphatic carboxylic acids is 1. The number of carbonyl (C=O) groups is 2. The van der Waals surface area contributed by atoms with Crippen LogP contribution in [0.3, 0.4) is 0 Å². The Balaban J connectivity index is 2.15. The molecule has 116 valence electrons. The number of hydrogen-bond acceptors (Lipinski definition) is 4. The lowest BCUT2D eigenvalue weighted by atomic mass is 10.1. The van der Waals surface area contributed by atoms with Crippen LogP contribution in [0.25, 0.3) is 0 Å². The van der Waals surface area contributed by atoms with Crippen LogP contribution in [-0.2, 0) is 17.0 Å². The van der Waals surface area contributed by atoms with Gasteiger partial charge in [-0.2, -0.15) is 11.8 Å². The second-order valence-electron chi connectivity index (χ2n) is 4.87. The lowest BCUT2D eigenvalue weighted by Crippen LogP contribution is -2.15. The lowest BCUT2D eigenvalue weighted by Gasteiger charge is -2.07. The van der Waals surface area contributed by atoms with Crippen LogP contribution in [0, 0.1) is 6.92 Å². The number of thioether (sulfide) groups is 1. The van der Waals surface area contributed by atoms with E-state index in [0.717, 1.165) is 5.75 Å². The van der Waals surface area contributed by atoms with E-state index in [9.17, 15) is 9.59 Å². The minimum absolute atomic E-state index is 0.168. The number of carboxylic acid groups (broad SMARTS) is 1. The van der Waals surface area contributed by atoms with Crippen molar-refractivity contribution in [1.29, 1.82) is 0 Å². The molecular formula is C16H17NO4S. The molecule has 2 N–H and O–H groups in total. The predicted octanol–water partition coefficient (Wildman–Crippen LogP) is 3.33. The Morgan fingerprint density at radius 2 is 1.95 bits per heavy atom. The molecule has 6 heteroatoms. The molecule has 0 fully saturated rings. The van der Waals surface area contributed by atoms with Crippen LogP contribution in [-0.4, -0.2) is 23.2 Å². The summed E-state index contributed by atoms with van der Waals surface area (Å²) in [5.41, 5.74) is 2.75. The van der Waals surface area contributed by atoms with Crippen molar-refractivity contribution in [3.8, 4) is 0 Å². The highest BCUT2D eigenvalue weighted by molar-refractivity contribution is 7.97. The summed E-state index contributed by atoms with van der Waals surface area (Å²) in [7, 11) is 0. The molecule has 1 aromatic heterocycles. The van der Waals surface area contributed by atoms with Crippen molar-refractivity contribution in [2.24, 2.45) is 0 Å². The number of benzene rings is 1. The number of furan rings is 1. The third-order valence-electron chi connectivity index (χ3n) is 3.11. The molecule has 2 aromatic rings. The van der Waals surface area contributed by atoms with Crippen LogP contribution in [0.15, 0.2) is 34.9 Å². The van der Waals surface area contributed by atoms with Gasteiger partial charge < -0.3 is 14.8 Å². The van der Waals surface area contributed by atoms with E-state index in [2.05, 4.69) is 5.32 Å². The van der Waals surface area contributed by atoms with Gasteiger partial charge in [0, 0.05) is 17.0 Å². The quantitative estimate of drug-likeness (QED) is 0.853. The standard InChI is InChI=1S/C16H17NO4S/c1-10-8-21-13(7-14(18)19)15(10)16(20)17-12-5-3-11(4-6-12)9-22-2/h3-6,8H,7,9H2,1-2H3,(H,17,20)(H,18,19). The Morgan fingerprint density at radius 3 is 2.55 bits per heavy atom. The van der Waals surface area contributed by atoms with Gasteiger partial charge in [0.25, 0.3) is 5.91 Å². The highest BCUT2D eigenvalue weighted by atomic mass is 32.2. The molecular weight excluding hydrogens is 302 g/mol. The first-order chi connectivity index (χ1) is 10.5. The highest BCUT2D eigenvalue weighted by Gasteiger charge is 2.20. The average molecular weight is 319 g/mol. The van der Waals surface area contributed by atoms with Crippen LogP contribution in [0.2, 0.25) is 0 Å². The summed E-state index contributed by atoms with van der Waals surface area (Å²) in [5.74, 6) is -0.316. The molecule has 1 amide bonds. The molecule has 0 aliphatic rings. The van der Waals surface area contributed by atoms with E-state index in [1.807, 2.05) is 30.5 Å². The molecule has 0 aliphatic carbocycles. The number of anilines is 1. The molecule has 0 spiro atoms. The van der Waals surface area contributed by atoms with Gasteiger partial charge in [0.15, 0.2) is 0 Å². The van der Waals surface area contributed by atoms with Crippen LogP contribution in [0.4, 0.5) is 5.69 Å². The van der Waals surface area contributed by atoms with Gasteiger partial charge in [-0.25, -0.2) is 0 Å². The SMILES string of the molecule is CSCc1ccc(NC(=O)c2c(C)coc2CC(=O)O)cc1. The Morgan fingerprint density at radius 1 is 1.27 bits per heavy atom. The van der Waals surface area contributed by atoms with E-state index >= 15 is 0 Å². The lowest BCUT2D eigenvalue weighted by molar-refractivity contribution is -0.136. The fourth-order valence-corrected chi connectivity index (χ4v) is 2.64. The first-order valence-electron chi connectivity index (χ1n) is 6.69. The molecule has 1 aromatic carbocycles. The first kappa shape index (κ1) is 16.2. The van der Waals surface area contributed by atoms with Crippen molar-refractivity contribution >= 4 is 29.3 Å². The molecule has 0 saturated carbocycles. The summed E-state index contributed by atoms with van der Waals surface area (Å²) in [6, 6.07) is 7.56. The Hall–Kier alpha value is -2.21. The molecule has 0 aliphatic heterocycles. The fourth-order valence-electron chi connectivity index (χ4n) is 2.11. The van der Waals surface area contributed by atoms with Crippen LogP contribution >= 0.6 is 11.8 Å². The number of hydrogen-bond donors (Lipinski definition) is 2. The molecule has 1 heterocycles. The summed E-state index contributed by atoms with van der Waals surface area (Å²) < 4.78 is 5.17. The molecule has 22 heavy (non-hydrogen) atoms. The van der Waals surface area contributed by atoms with Gasteiger partial charge in [0.05, 0.1) is 11.8 Å². The van der Waals surface area contributed by atoms with E-state index in [-0.39, 0.29) is 23.7 Å². The molecule has 0 radical (unpaired) electrons. The van der Waals surface area contributed by atoms with Crippen LogP contribution in [0.5, 0.6) is 0 Å². The van der Waals surface area contributed by atoms with Crippen molar-refractivity contribution in [2.45, 2.75) is 19.1 Å². The third-order valence-corrected chi connectivity index (χ3v) is 3.73. The van der Waals surface area contributed by atoms with Crippen molar-refractivity contribution < 1.29 is 19.1 Å². The Bertz CT molecular complexity index is 676. The molecule has 0 unspecified atom stereocenters. The van der Waals surface area contributed by atoms with Gasteiger partial charge in [0.2, 0.25) is 0 Å². The van der Waals surface area contributed by atoms with E-state index in [1.165, 1.54) is 11.8 Å². The second-order valence-corrected chi connectivity index (χ2v) is 5.74. The van der Waals surface area contributed by atoms with Gasteiger partial charge >= 0.3 is 5.97 Å². The maximum absolute atomic E-state index is 12.3. The highest BCUT2D eigenvalue weighted by Crippen LogP contribution is 2.20. The predicted molar refractivity (Wildman–Crippen MR) is 86.4 cm³/mol. The molecule has 0 atom stereocenters. The summed E-state index contributed by atoms with van der Waals surface area (Å²) in [5, 5.41) is 11.6. The maximum atomic E-state index is 12.3. The van der Waals surface area contributed by atoms with E-state index in [4.69, 9.17) is 9.52 Å². The zero-order valence-electron chi connectivity index (χ0n) is 12.4. The normalized spacial score (nSPS) is 10.5. The molecule has 5 nitrogen and oxygen atoms in total. The largest absolute Gasteiger partial charge is 0.481 e. The Kier molecular flexibility index (Phi) is 5.27. The van der Waals surface area contributed by atoms with Gasteiger partial charge in [-0.3, -0.25) is 9.59 Å². The van der Waals surface area contributed by atoms with Gasteiger partial charge in [-0.15, -0.1) is 0 Å². The van der Waals surface area contributed by atoms with Crippen molar-refractivity contribution in [2.75, 3.05) is 11.6 Å². The summed E-state index contributed by atoms with van der Waals surface area (Å²) in [4.78, 5) is 23.2. The molecule has 2 rings (SSSR count). The van der Waals surface area contributed by atoms with E-state index < -0.39 is 5.97 Å². The van der Waals surface area contributed by atoms with E-state index in [0.29, 0.717) is 11.3 Å². The molecule has 0 saturated heterocycles. The zero-order valence-corrected chi connectivity index (χ0v) is 13.2. The fraction of sp³-hybridized carbons (Fsp3) is 0.250. The molecule has 0 bridgehead atoms. The minimum atomic E-state index is -1.04. The monoisotopic (exact) mass is 319 g/mol. The summed E-state index contributed by atoms with van der Waals surface area (Å²) in [6.07, 6.45) is 3.11. The topological polar surface area (TPSA) is 79.5 Å². The average Bonchev–Trinajstić information content (AvgIpc) is 2.81. The Labute approximate surface area is 132 Å². The number of carboxylic acids is 1. The number of nitrogens with one attached hydrogen (secondary N) is 1. The zero-order chi connectivity index (χ0) is 16.1. The number of aryl methyl sites for hydroxylation is 1. The second kappa shape index (κ2) is 7.17. The van der Waals surface area contributed by atoms with Crippen molar-refractivity contribution in [3.63, 3.8) is 0 Å². The van der Waals surface area contributed by atoms with Gasteiger partial charge in [-0.05, 0) is 30.9 Å². The minimum Gasteiger partial charge on any atom is -0.481 e. The van der Waals surface area contributed by atoms with Crippen LogP contribution in [0.1, 0.15) is 27.2 Å². The third kappa shape index (κ3) is 3.92. The summed E-state index contributed by atoms with van der Waals surface area (Å²) in [6.45, 7) is 1.71. The van der Waals surface area contributed by atoms with E-state index in [1.54, 1.807) is 18.7 Å². The van der Waals surface area contributed by atoms with Crippen molar-refractivity contribution in [1.82, 2.24) is 0 Å². The van der Waals surface area contributed by atoms with Gasteiger partial charge in [0.1, 0.15) is 12.2 Å². The maximum Gasteiger partial charge on any atom is 0.311 e. The smallest absolute Gasteiger partial charge is 0.311 e. The number of rotatable bonds is 6. The number of carbonyl (C=O) groups excluding carboxylic acids is 1.